The number of likely N-dealkylation sites (N-methyl/N-ethyl adjacent to an activating group) is 2. The number of aromatic nitrogens is 1. The van der Waals surface area contributed by atoms with Crippen LogP contribution in [-0.2, 0) is 17.5 Å². The number of carbonyl (C=O) groups excluding carboxylic acids is 1. The molecule has 37 heavy (non-hydrogen) atoms. The summed E-state index contributed by atoms with van der Waals surface area (Å²) in [5.41, 5.74) is 4.54. The summed E-state index contributed by atoms with van der Waals surface area (Å²) in [6.45, 7) is 6.86. The van der Waals surface area contributed by atoms with Crippen LogP contribution in [0, 0.1) is 0 Å². The van der Waals surface area contributed by atoms with Crippen LogP contribution in [0.15, 0.2) is 24.3 Å². The minimum Gasteiger partial charge on any atom is -0.339 e. The van der Waals surface area contributed by atoms with Crippen molar-refractivity contribution in [2.45, 2.75) is 64.3 Å². The molecule has 1 aromatic carbocycles. The monoisotopic (exact) mass is 544 g/mol. The van der Waals surface area contributed by atoms with Crippen LogP contribution in [0.2, 0.25) is 0 Å². The number of allylic oxidation sites excluding steroid dienone is 1. The number of fused-ring (bicyclic) bond motifs is 1. The van der Waals surface area contributed by atoms with Crippen LogP contribution >= 0.6 is 11.8 Å². The van der Waals surface area contributed by atoms with Gasteiger partial charge in [0.2, 0.25) is 0 Å². The van der Waals surface area contributed by atoms with Gasteiger partial charge in [0.25, 0.3) is 5.91 Å². The molecule has 1 fully saturated rings. The number of thioether (sulfide) groups is 1. The van der Waals surface area contributed by atoms with Gasteiger partial charge in [0.1, 0.15) is 11.0 Å². The molecule has 1 saturated carbocycles. The van der Waals surface area contributed by atoms with Crippen molar-refractivity contribution in [3.8, 4) is 0 Å². The number of benzene rings is 1. The van der Waals surface area contributed by atoms with E-state index in [1.807, 2.05) is 23.9 Å². The maximum Gasteiger partial charge on any atom is 0.263 e. The summed E-state index contributed by atoms with van der Waals surface area (Å²) in [6, 6.07) is 6.13. The average molecular weight is 545 g/mol. The lowest BCUT2D eigenvalue weighted by molar-refractivity contribution is 0.0983. The number of nitrogens with zero attached hydrogens (tertiary/aromatic N) is 3. The molecule has 2 bridgehead atoms. The van der Waals surface area contributed by atoms with E-state index < -0.39 is 11.0 Å². The van der Waals surface area contributed by atoms with Crippen LogP contribution < -0.4 is 4.72 Å². The number of hydrogen-bond donors (Lipinski definition) is 1. The van der Waals surface area contributed by atoms with Crippen LogP contribution in [0.5, 0.6) is 0 Å². The summed E-state index contributed by atoms with van der Waals surface area (Å²) < 4.78 is 17.8. The molecule has 4 rings (SSSR count). The van der Waals surface area contributed by atoms with Crippen molar-refractivity contribution in [2.24, 2.45) is 0 Å². The van der Waals surface area contributed by atoms with E-state index in [1.165, 1.54) is 53.7 Å². The molecule has 8 heteroatoms. The largest absolute Gasteiger partial charge is 0.339 e. The van der Waals surface area contributed by atoms with Gasteiger partial charge in [-0.1, -0.05) is 38.3 Å². The normalized spacial score (nSPS) is 22.5. The number of carbonyl (C=O) groups is 1. The molecular formula is C29H44N4O2S2. The molecular weight excluding hydrogens is 500 g/mol. The molecule has 1 N–H and O–H groups in total. The van der Waals surface area contributed by atoms with Gasteiger partial charge >= 0.3 is 0 Å². The minimum absolute atomic E-state index is 0.250. The van der Waals surface area contributed by atoms with Crippen molar-refractivity contribution in [1.82, 2.24) is 19.1 Å². The molecule has 204 valence electrons. The molecule has 0 radical (unpaired) electrons. The number of nitrogens with one attached hydrogen (secondary N) is 1. The first-order valence-electron chi connectivity index (χ1n) is 13.9. The highest BCUT2D eigenvalue weighted by atomic mass is 32.2. The average Bonchev–Trinajstić information content (AvgIpc) is 3.22. The maximum atomic E-state index is 13.1. The highest BCUT2D eigenvalue weighted by Gasteiger charge is 2.28. The molecule has 0 spiro atoms. The molecule has 1 unspecified atom stereocenters. The van der Waals surface area contributed by atoms with Gasteiger partial charge < -0.3 is 14.4 Å². The molecule has 1 aliphatic carbocycles. The Hall–Kier alpha value is -1.61. The Morgan fingerprint density at radius 2 is 1.76 bits per heavy atom. The fourth-order valence-corrected chi connectivity index (χ4v) is 7.36. The lowest BCUT2D eigenvalue weighted by Gasteiger charge is -2.25. The van der Waals surface area contributed by atoms with Gasteiger partial charge in [0.05, 0.1) is 5.69 Å². The fraction of sp³-hybridized carbons (Fsp3) is 0.621. The summed E-state index contributed by atoms with van der Waals surface area (Å²) in [5, 5.41) is 1.28. The van der Waals surface area contributed by atoms with Crippen LogP contribution in [-0.4, -0.2) is 76.8 Å². The van der Waals surface area contributed by atoms with E-state index in [2.05, 4.69) is 58.5 Å². The van der Waals surface area contributed by atoms with Gasteiger partial charge in [-0.25, -0.2) is 4.21 Å². The van der Waals surface area contributed by atoms with Gasteiger partial charge in [-0.05, 0) is 76.2 Å². The van der Waals surface area contributed by atoms with E-state index >= 15 is 0 Å². The van der Waals surface area contributed by atoms with E-state index in [0.717, 1.165) is 51.1 Å². The molecule has 2 aromatic rings. The number of amides is 1. The van der Waals surface area contributed by atoms with Gasteiger partial charge in [-0.3, -0.25) is 9.52 Å². The minimum atomic E-state index is -1.38. The molecule has 2 heterocycles. The second-order valence-electron chi connectivity index (χ2n) is 10.6. The van der Waals surface area contributed by atoms with E-state index in [1.54, 1.807) is 0 Å². The zero-order valence-corrected chi connectivity index (χ0v) is 24.7. The van der Waals surface area contributed by atoms with Crippen molar-refractivity contribution in [3.05, 3.63) is 41.1 Å². The summed E-state index contributed by atoms with van der Waals surface area (Å²) in [7, 11) is 2.95. The third-order valence-electron chi connectivity index (χ3n) is 7.87. The molecule has 1 atom stereocenters. The smallest absolute Gasteiger partial charge is 0.263 e. The zero-order valence-electron chi connectivity index (χ0n) is 23.1. The van der Waals surface area contributed by atoms with Crippen molar-refractivity contribution >= 4 is 44.5 Å². The van der Waals surface area contributed by atoms with E-state index in [4.69, 9.17) is 0 Å². The predicted octanol–water partition coefficient (Wildman–Crippen LogP) is 5.46. The third-order valence-corrected chi connectivity index (χ3v) is 9.74. The quantitative estimate of drug-likeness (QED) is 0.554. The Morgan fingerprint density at radius 1 is 1.05 bits per heavy atom. The second kappa shape index (κ2) is 13.5. The second-order valence-corrected chi connectivity index (χ2v) is 12.8. The topological polar surface area (TPSA) is 57.6 Å². The van der Waals surface area contributed by atoms with Crippen molar-refractivity contribution in [2.75, 3.05) is 52.3 Å². The molecule has 1 aliphatic heterocycles. The van der Waals surface area contributed by atoms with Crippen molar-refractivity contribution < 1.29 is 9.00 Å². The number of rotatable bonds is 4. The van der Waals surface area contributed by atoms with Gasteiger partial charge in [-0.2, -0.15) is 0 Å². The lowest BCUT2D eigenvalue weighted by atomic mass is 9.82. The standard InChI is InChI=1S/C29H44N4O2S2/c1-5-10-26(36-4)28-27(22-11-7-6-8-12-22)24-14-13-23-21-25(24)33(28)19-18-32(3)17-16-31(2)15-9-20-37(35)30-29(23)34/h10,13-14,21-22H,5-9,11-12,15-20H2,1-4H3,(H,30,34)/b26-10-. The Morgan fingerprint density at radius 3 is 2.46 bits per heavy atom. The predicted molar refractivity (Wildman–Crippen MR) is 160 cm³/mol. The highest BCUT2D eigenvalue weighted by molar-refractivity contribution is 8.07. The Balaban J connectivity index is 1.87. The zero-order chi connectivity index (χ0) is 26.4. The molecule has 6 nitrogen and oxygen atoms in total. The van der Waals surface area contributed by atoms with Crippen LogP contribution in [0.3, 0.4) is 0 Å². The van der Waals surface area contributed by atoms with E-state index in [0.29, 0.717) is 17.2 Å². The molecule has 0 saturated heterocycles. The summed E-state index contributed by atoms with van der Waals surface area (Å²) >= 11 is 1.83. The van der Waals surface area contributed by atoms with Crippen molar-refractivity contribution in [3.63, 3.8) is 0 Å². The van der Waals surface area contributed by atoms with Crippen LogP contribution in [0.4, 0.5) is 0 Å². The Labute approximate surface area is 229 Å². The molecule has 1 amide bonds. The summed E-state index contributed by atoms with van der Waals surface area (Å²) in [4.78, 5) is 19.2. The molecule has 2 aliphatic rings. The first-order valence-corrected chi connectivity index (χ1v) is 16.4. The fourth-order valence-electron chi connectivity index (χ4n) is 5.80. The Kier molecular flexibility index (Phi) is 10.3. The third kappa shape index (κ3) is 6.88. The SMILES string of the molecule is CC/C=C(\SC)c1c(C2CCCCC2)c2ccc3cc2n1CCN(C)CCN(C)CCCS(=O)NC3=O. The Bertz CT molecular complexity index is 1140. The highest BCUT2D eigenvalue weighted by Crippen LogP contribution is 2.44. The molecule has 1 aromatic heterocycles. The van der Waals surface area contributed by atoms with Crippen LogP contribution in [0.1, 0.15) is 79.4 Å². The maximum absolute atomic E-state index is 13.1. The summed E-state index contributed by atoms with van der Waals surface area (Å²) in [5.74, 6) is 0.771. The summed E-state index contributed by atoms with van der Waals surface area (Å²) in [6.07, 6.45) is 12.7. The van der Waals surface area contributed by atoms with Crippen molar-refractivity contribution in [1.29, 1.82) is 0 Å². The first kappa shape index (κ1) is 28.4. The van der Waals surface area contributed by atoms with Crippen LogP contribution in [0.25, 0.3) is 15.8 Å². The van der Waals surface area contributed by atoms with E-state index in [9.17, 15) is 9.00 Å². The van der Waals surface area contributed by atoms with E-state index in [-0.39, 0.29) is 5.91 Å². The lowest BCUT2D eigenvalue weighted by Crippen LogP contribution is -2.34. The van der Waals surface area contributed by atoms with Gasteiger partial charge in [0, 0.05) is 53.3 Å². The van der Waals surface area contributed by atoms with Gasteiger partial charge in [0.15, 0.2) is 0 Å². The first-order chi connectivity index (χ1) is 17.9. The van der Waals surface area contributed by atoms with Gasteiger partial charge in [-0.15, -0.1) is 11.8 Å². The number of hydrogen-bond acceptors (Lipinski definition) is 5.